The molecule has 0 aliphatic rings. The standard InChI is InChI=1S/C11H19N3/c1-3-14(4-2)10-9-13-11-5-7-12-8-6-11/h5-8H,3-4,9-10H2,1-2H3,(H,12,13). The summed E-state index contributed by atoms with van der Waals surface area (Å²) in [5.74, 6) is 0. The van der Waals surface area contributed by atoms with Gasteiger partial charge in [0.25, 0.3) is 0 Å². The molecule has 0 atom stereocenters. The molecule has 0 unspecified atom stereocenters. The first-order valence-corrected chi connectivity index (χ1v) is 5.23. The van der Waals surface area contributed by atoms with Crippen molar-refractivity contribution < 1.29 is 0 Å². The minimum Gasteiger partial charge on any atom is -0.384 e. The number of likely N-dealkylation sites (N-methyl/N-ethyl adjacent to an activating group) is 1. The molecule has 1 aromatic rings. The number of nitrogens with zero attached hydrogens (tertiary/aromatic N) is 2. The maximum absolute atomic E-state index is 3.97. The highest BCUT2D eigenvalue weighted by Gasteiger charge is 1.97. The van der Waals surface area contributed by atoms with E-state index in [1.807, 2.05) is 12.1 Å². The molecule has 0 bridgehead atoms. The second-order valence-corrected chi connectivity index (χ2v) is 3.19. The Balaban J connectivity index is 2.21. The van der Waals surface area contributed by atoms with E-state index in [2.05, 4.69) is 29.0 Å². The van der Waals surface area contributed by atoms with Crippen molar-refractivity contribution in [1.29, 1.82) is 0 Å². The van der Waals surface area contributed by atoms with E-state index < -0.39 is 0 Å². The van der Waals surface area contributed by atoms with Crippen molar-refractivity contribution in [2.24, 2.45) is 0 Å². The van der Waals surface area contributed by atoms with Crippen LogP contribution in [0, 0.1) is 0 Å². The van der Waals surface area contributed by atoms with Crippen molar-refractivity contribution in [3.8, 4) is 0 Å². The van der Waals surface area contributed by atoms with E-state index in [1.54, 1.807) is 12.4 Å². The van der Waals surface area contributed by atoms with Crippen molar-refractivity contribution in [3.63, 3.8) is 0 Å². The number of hydrogen-bond acceptors (Lipinski definition) is 3. The molecule has 1 rings (SSSR count). The monoisotopic (exact) mass is 193 g/mol. The van der Waals surface area contributed by atoms with E-state index in [9.17, 15) is 0 Å². The summed E-state index contributed by atoms with van der Waals surface area (Å²) in [6, 6.07) is 3.98. The minimum absolute atomic E-state index is 0.992. The van der Waals surface area contributed by atoms with Gasteiger partial charge in [0.15, 0.2) is 0 Å². The lowest BCUT2D eigenvalue weighted by Gasteiger charge is -2.18. The molecule has 0 fully saturated rings. The van der Waals surface area contributed by atoms with Gasteiger partial charge in [0.05, 0.1) is 0 Å². The molecule has 0 saturated carbocycles. The Labute approximate surface area is 86.2 Å². The first-order chi connectivity index (χ1) is 6.86. The highest BCUT2D eigenvalue weighted by molar-refractivity contribution is 5.40. The average Bonchev–Trinajstić information content (AvgIpc) is 2.26. The molecule has 78 valence electrons. The molecule has 1 aromatic heterocycles. The predicted octanol–water partition coefficient (Wildman–Crippen LogP) is 1.84. The lowest BCUT2D eigenvalue weighted by atomic mass is 10.4. The number of hydrogen-bond donors (Lipinski definition) is 1. The number of anilines is 1. The third kappa shape index (κ3) is 3.75. The second kappa shape index (κ2) is 6.38. The molecule has 1 N–H and O–H groups in total. The normalized spacial score (nSPS) is 10.5. The Morgan fingerprint density at radius 1 is 1.21 bits per heavy atom. The zero-order chi connectivity index (χ0) is 10.2. The third-order valence-corrected chi connectivity index (χ3v) is 2.33. The number of nitrogens with one attached hydrogen (secondary N) is 1. The number of aromatic nitrogens is 1. The Kier molecular flexibility index (Phi) is 5.00. The van der Waals surface area contributed by atoms with E-state index in [0.717, 1.165) is 31.9 Å². The van der Waals surface area contributed by atoms with Crippen LogP contribution < -0.4 is 5.32 Å². The maximum Gasteiger partial charge on any atom is 0.0371 e. The van der Waals surface area contributed by atoms with Crippen LogP contribution in [0.4, 0.5) is 5.69 Å². The fourth-order valence-electron chi connectivity index (χ4n) is 1.37. The number of pyridine rings is 1. The minimum atomic E-state index is 0.992. The van der Waals surface area contributed by atoms with Gasteiger partial charge in [0, 0.05) is 31.2 Å². The second-order valence-electron chi connectivity index (χ2n) is 3.19. The summed E-state index contributed by atoms with van der Waals surface area (Å²) in [4.78, 5) is 6.37. The highest BCUT2D eigenvalue weighted by atomic mass is 15.1. The van der Waals surface area contributed by atoms with Crippen molar-refractivity contribution >= 4 is 5.69 Å². The van der Waals surface area contributed by atoms with Gasteiger partial charge in [0.2, 0.25) is 0 Å². The van der Waals surface area contributed by atoms with Gasteiger partial charge >= 0.3 is 0 Å². The van der Waals surface area contributed by atoms with Crippen molar-refractivity contribution in [2.75, 3.05) is 31.5 Å². The van der Waals surface area contributed by atoms with Crippen LogP contribution in [0.25, 0.3) is 0 Å². The topological polar surface area (TPSA) is 28.2 Å². The Morgan fingerprint density at radius 2 is 1.86 bits per heavy atom. The predicted molar refractivity (Wildman–Crippen MR) is 60.5 cm³/mol. The van der Waals surface area contributed by atoms with Crippen LogP contribution in [0.5, 0.6) is 0 Å². The van der Waals surface area contributed by atoms with Crippen LogP contribution in [0.3, 0.4) is 0 Å². The largest absolute Gasteiger partial charge is 0.384 e. The zero-order valence-corrected chi connectivity index (χ0v) is 9.03. The quantitative estimate of drug-likeness (QED) is 0.747. The fourth-order valence-corrected chi connectivity index (χ4v) is 1.37. The molecule has 0 aliphatic carbocycles. The summed E-state index contributed by atoms with van der Waals surface area (Å²) in [5.41, 5.74) is 1.15. The lowest BCUT2D eigenvalue weighted by molar-refractivity contribution is 0.316. The maximum atomic E-state index is 3.97. The Bertz CT molecular complexity index is 232. The zero-order valence-electron chi connectivity index (χ0n) is 9.03. The molecular formula is C11H19N3. The molecule has 3 heteroatoms. The van der Waals surface area contributed by atoms with Crippen LogP contribution in [-0.4, -0.2) is 36.1 Å². The summed E-state index contributed by atoms with van der Waals surface area (Å²) in [6.45, 7) is 8.70. The molecular weight excluding hydrogens is 174 g/mol. The first-order valence-electron chi connectivity index (χ1n) is 5.23. The average molecular weight is 193 g/mol. The molecule has 0 aliphatic heterocycles. The van der Waals surface area contributed by atoms with Crippen LogP contribution >= 0.6 is 0 Å². The summed E-state index contributed by atoms with van der Waals surface area (Å²) in [6.07, 6.45) is 3.61. The Hall–Kier alpha value is -1.09. The molecule has 0 spiro atoms. The molecule has 0 amide bonds. The molecule has 0 aromatic carbocycles. The smallest absolute Gasteiger partial charge is 0.0371 e. The van der Waals surface area contributed by atoms with Gasteiger partial charge in [-0.1, -0.05) is 13.8 Å². The van der Waals surface area contributed by atoms with E-state index in [-0.39, 0.29) is 0 Å². The van der Waals surface area contributed by atoms with Crippen molar-refractivity contribution in [1.82, 2.24) is 9.88 Å². The van der Waals surface area contributed by atoms with E-state index >= 15 is 0 Å². The van der Waals surface area contributed by atoms with Crippen molar-refractivity contribution in [3.05, 3.63) is 24.5 Å². The summed E-state index contributed by atoms with van der Waals surface area (Å²) >= 11 is 0. The molecule has 0 radical (unpaired) electrons. The summed E-state index contributed by atoms with van der Waals surface area (Å²) < 4.78 is 0. The fraction of sp³-hybridized carbons (Fsp3) is 0.545. The number of rotatable bonds is 6. The lowest BCUT2D eigenvalue weighted by Crippen LogP contribution is -2.28. The van der Waals surface area contributed by atoms with E-state index in [4.69, 9.17) is 0 Å². The van der Waals surface area contributed by atoms with Gasteiger partial charge in [-0.2, -0.15) is 0 Å². The van der Waals surface area contributed by atoms with Crippen LogP contribution in [0.2, 0.25) is 0 Å². The Morgan fingerprint density at radius 3 is 2.43 bits per heavy atom. The van der Waals surface area contributed by atoms with Crippen LogP contribution in [0.15, 0.2) is 24.5 Å². The summed E-state index contributed by atoms with van der Waals surface area (Å²) in [5, 5.41) is 3.36. The van der Waals surface area contributed by atoms with E-state index in [0.29, 0.717) is 0 Å². The third-order valence-electron chi connectivity index (χ3n) is 2.33. The molecule has 14 heavy (non-hydrogen) atoms. The first kappa shape index (κ1) is 11.0. The van der Waals surface area contributed by atoms with Crippen LogP contribution in [0.1, 0.15) is 13.8 Å². The van der Waals surface area contributed by atoms with Crippen molar-refractivity contribution in [2.45, 2.75) is 13.8 Å². The van der Waals surface area contributed by atoms with Gasteiger partial charge in [-0.25, -0.2) is 0 Å². The molecule has 0 saturated heterocycles. The SMILES string of the molecule is CCN(CC)CCNc1ccncc1. The van der Waals surface area contributed by atoms with Gasteiger partial charge in [0.1, 0.15) is 0 Å². The van der Waals surface area contributed by atoms with Gasteiger partial charge in [-0.3, -0.25) is 4.98 Å². The van der Waals surface area contributed by atoms with E-state index in [1.165, 1.54) is 0 Å². The molecule has 3 nitrogen and oxygen atoms in total. The highest BCUT2D eigenvalue weighted by Crippen LogP contribution is 2.01. The van der Waals surface area contributed by atoms with Gasteiger partial charge in [-0.05, 0) is 25.2 Å². The molecule has 1 heterocycles. The van der Waals surface area contributed by atoms with Gasteiger partial charge < -0.3 is 10.2 Å². The summed E-state index contributed by atoms with van der Waals surface area (Å²) in [7, 11) is 0. The van der Waals surface area contributed by atoms with Crippen LogP contribution in [-0.2, 0) is 0 Å². The van der Waals surface area contributed by atoms with Gasteiger partial charge in [-0.15, -0.1) is 0 Å².